The smallest absolute Gasteiger partial charge is 0.272 e. The summed E-state index contributed by atoms with van der Waals surface area (Å²) in [5, 5.41) is 0. The van der Waals surface area contributed by atoms with Gasteiger partial charge in [-0.15, -0.1) is 0 Å². The van der Waals surface area contributed by atoms with E-state index in [0.29, 0.717) is 11.3 Å². The van der Waals surface area contributed by atoms with Crippen molar-refractivity contribution >= 4 is 17.2 Å². The second-order valence-electron chi connectivity index (χ2n) is 3.07. The highest BCUT2D eigenvalue weighted by atomic mass is 32.1. The van der Waals surface area contributed by atoms with Crippen molar-refractivity contribution in [2.75, 3.05) is 6.61 Å². The highest BCUT2D eigenvalue weighted by molar-refractivity contribution is 7.80. The fourth-order valence-corrected chi connectivity index (χ4v) is 1.27. The van der Waals surface area contributed by atoms with Crippen LogP contribution in [0.15, 0.2) is 18.2 Å². The van der Waals surface area contributed by atoms with Crippen molar-refractivity contribution in [3.8, 4) is 5.75 Å². The number of nitrogens with two attached hydrogens (primary N) is 1. The van der Waals surface area contributed by atoms with E-state index in [9.17, 15) is 8.78 Å². The van der Waals surface area contributed by atoms with Crippen LogP contribution in [0.25, 0.3) is 0 Å². The van der Waals surface area contributed by atoms with Gasteiger partial charge in [-0.1, -0.05) is 18.3 Å². The quantitative estimate of drug-likeness (QED) is 0.807. The van der Waals surface area contributed by atoms with Crippen molar-refractivity contribution in [2.24, 2.45) is 5.73 Å². The molecule has 0 heterocycles. The Labute approximate surface area is 92.0 Å². The largest absolute Gasteiger partial charge is 0.487 e. The van der Waals surface area contributed by atoms with E-state index in [2.05, 4.69) is 0 Å². The van der Waals surface area contributed by atoms with Gasteiger partial charge in [0.1, 0.15) is 17.3 Å². The first kappa shape index (κ1) is 11.8. The van der Waals surface area contributed by atoms with Gasteiger partial charge in [0.25, 0.3) is 6.43 Å². The summed E-state index contributed by atoms with van der Waals surface area (Å²) >= 11 is 4.78. The van der Waals surface area contributed by atoms with Crippen LogP contribution in [0.4, 0.5) is 8.78 Å². The van der Waals surface area contributed by atoms with Crippen LogP contribution in [0.1, 0.15) is 11.1 Å². The summed E-state index contributed by atoms with van der Waals surface area (Å²) < 4.78 is 28.9. The zero-order valence-corrected chi connectivity index (χ0v) is 8.98. The van der Waals surface area contributed by atoms with Gasteiger partial charge in [-0.3, -0.25) is 0 Å². The van der Waals surface area contributed by atoms with E-state index in [1.54, 1.807) is 18.2 Å². The predicted molar refractivity (Wildman–Crippen MR) is 58.6 cm³/mol. The lowest BCUT2D eigenvalue weighted by Crippen LogP contribution is -2.14. The summed E-state index contributed by atoms with van der Waals surface area (Å²) in [5.41, 5.74) is 6.82. The molecule has 0 aliphatic rings. The van der Waals surface area contributed by atoms with Crippen LogP contribution in [-0.2, 0) is 0 Å². The van der Waals surface area contributed by atoms with Gasteiger partial charge in [0.2, 0.25) is 0 Å². The number of aryl methyl sites for hydroxylation is 1. The molecule has 82 valence electrons. The first-order valence-electron chi connectivity index (χ1n) is 4.32. The predicted octanol–water partition coefficient (Wildman–Crippen LogP) is 2.27. The number of alkyl halides is 2. The molecule has 0 saturated carbocycles. The average Bonchev–Trinajstić information content (AvgIpc) is 2.14. The number of halogens is 2. The highest BCUT2D eigenvalue weighted by Gasteiger charge is 2.09. The highest BCUT2D eigenvalue weighted by Crippen LogP contribution is 2.20. The van der Waals surface area contributed by atoms with Gasteiger partial charge < -0.3 is 10.5 Å². The summed E-state index contributed by atoms with van der Waals surface area (Å²) in [6.07, 6.45) is -2.51. The lowest BCUT2D eigenvalue weighted by atomic mass is 10.1. The Morgan fingerprint density at radius 1 is 1.53 bits per heavy atom. The molecule has 0 fully saturated rings. The van der Waals surface area contributed by atoms with Crippen LogP contribution in [0.2, 0.25) is 0 Å². The van der Waals surface area contributed by atoms with E-state index >= 15 is 0 Å². The van der Waals surface area contributed by atoms with Crippen LogP contribution in [-0.4, -0.2) is 18.0 Å². The Kier molecular flexibility index (Phi) is 3.96. The molecule has 0 spiro atoms. The summed E-state index contributed by atoms with van der Waals surface area (Å²) in [6, 6.07) is 5.10. The molecule has 0 aliphatic carbocycles. The lowest BCUT2D eigenvalue weighted by Gasteiger charge is -2.10. The maximum absolute atomic E-state index is 12.0. The maximum Gasteiger partial charge on any atom is 0.272 e. The van der Waals surface area contributed by atoms with Crippen molar-refractivity contribution < 1.29 is 13.5 Å². The molecule has 0 atom stereocenters. The van der Waals surface area contributed by atoms with E-state index in [1.165, 1.54) is 0 Å². The molecule has 5 heteroatoms. The van der Waals surface area contributed by atoms with E-state index < -0.39 is 13.0 Å². The van der Waals surface area contributed by atoms with Crippen LogP contribution in [0.3, 0.4) is 0 Å². The van der Waals surface area contributed by atoms with E-state index in [-0.39, 0.29) is 4.99 Å². The summed E-state index contributed by atoms with van der Waals surface area (Å²) in [4.78, 5) is 0.138. The SMILES string of the molecule is Cc1ccc(C(N)=S)c(OCC(F)F)c1. The second-order valence-corrected chi connectivity index (χ2v) is 3.51. The van der Waals surface area contributed by atoms with Gasteiger partial charge in [-0.2, -0.15) is 0 Å². The van der Waals surface area contributed by atoms with Crippen molar-refractivity contribution in [2.45, 2.75) is 13.3 Å². The normalized spacial score (nSPS) is 10.4. The van der Waals surface area contributed by atoms with Gasteiger partial charge in [0, 0.05) is 0 Å². The van der Waals surface area contributed by atoms with Gasteiger partial charge in [0.05, 0.1) is 5.56 Å². The van der Waals surface area contributed by atoms with Crippen LogP contribution < -0.4 is 10.5 Å². The second kappa shape index (κ2) is 5.02. The molecule has 15 heavy (non-hydrogen) atoms. The topological polar surface area (TPSA) is 35.2 Å². The van der Waals surface area contributed by atoms with E-state index in [4.69, 9.17) is 22.7 Å². The molecular weight excluding hydrogens is 220 g/mol. The van der Waals surface area contributed by atoms with Crippen LogP contribution >= 0.6 is 12.2 Å². The van der Waals surface area contributed by atoms with Crippen LogP contribution in [0, 0.1) is 6.92 Å². The molecule has 1 rings (SSSR count). The number of hydrogen-bond donors (Lipinski definition) is 1. The first-order valence-corrected chi connectivity index (χ1v) is 4.73. The summed E-state index contributed by atoms with van der Waals surface area (Å²) in [7, 11) is 0. The third-order valence-electron chi connectivity index (χ3n) is 1.77. The Bertz CT molecular complexity index is 368. The molecule has 1 aromatic carbocycles. The Hall–Kier alpha value is -1.23. The molecule has 0 aliphatic heterocycles. The maximum atomic E-state index is 12.0. The van der Waals surface area contributed by atoms with Crippen molar-refractivity contribution in [3.05, 3.63) is 29.3 Å². The zero-order chi connectivity index (χ0) is 11.4. The Morgan fingerprint density at radius 3 is 2.73 bits per heavy atom. The summed E-state index contributed by atoms with van der Waals surface area (Å²) in [5.74, 6) is 0.308. The number of thiocarbonyl (C=S) groups is 1. The standard InChI is InChI=1S/C10H11F2NOS/c1-6-2-3-7(10(13)15)8(4-6)14-5-9(11)12/h2-4,9H,5H2,1H3,(H2,13,15). The van der Waals surface area contributed by atoms with Gasteiger partial charge >= 0.3 is 0 Å². The molecule has 0 unspecified atom stereocenters. The molecule has 0 amide bonds. The number of hydrogen-bond acceptors (Lipinski definition) is 2. The molecule has 0 saturated heterocycles. The fraction of sp³-hybridized carbons (Fsp3) is 0.300. The summed E-state index contributed by atoms with van der Waals surface area (Å²) in [6.45, 7) is 1.18. The number of benzene rings is 1. The minimum Gasteiger partial charge on any atom is -0.487 e. The molecule has 1 aromatic rings. The lowest BCUT2D eigenvalue weighted by molar-refractivity contribution is 0.0818. The van der Waals surface area contributed by atoms with Gasteiger partial charge in [-0.05, 0) is 24.6 Å². The fourth-order valence-electron chi connectivity index (χ4n) is 1.11. The van der Waals surface area contributed by atoms with Gasteiger partial charge in [-0.25, -0.2) is 8.78 Å². The molecular formula is C10H11F2NOS. The van der Waals surface area contributed by atoms with Crippen molar-refractivity contribution in [1.82, 2.24) is 0 Å². The molecule has 0 aromatic heterocycles. The number of ether oxygens (including phenoxy) is 1. The molecule has 0 bridgehead atoms. The molecule has 0 radical (unpaired) electrons. The minimum absolute atomic E-state index is 0.138. The zero-order valence-electron chi connectivity index (χ0n) is 8.17. The van der Waals surface area contributed by atoms with E-state index in [0.717, 1.165) is 5.56 Å². The van der Waals surface area contributed by atoms with Crippen molar-refractivity contribution in [1.29, 1.82) is 0 Å². The van der Waals surface area contributed by atoms with E-state index in [1.807, 2.05) is 6.92 Å². The first-order chi connectivity index (χ1) is 7.00. The average molecular weight is 231 g/mol. The third kappa shape index (κ3) is 3.43. The van der Waals surface area contributed by atoms with Crippen LogP contribution in [0.5, 0.6) is 5.75 Å². The Morgan fingerprint density at radius 2 is 2.20 bits per heavy atom. The van der Waals surface area contributed by atoms with Crippen molar-refractivity contribution in [3.63, 3.8) is 0 Å². The number of rotatable bonds is 4. The Balaban J connectivity index is 2.92. The minimum atomic E-state index is -2.51. The molecule has 2 N–H and O–H groups in total. The van der Waals surface area contributed by atoms with Gasteiger partial charge in [0.15, 0.2) is 0 Å². The third-order valence-corrected chi connectivity index (χ3v) is 1.99. The monoisotopic (exact) mass is 231 g/mol. The molecule has 2 nitrogen and oxygen atoms in total.